The maximum atomic E-state index is 8.44. The summed E-state index contributed by atoms with van der Waals surface area (Å²) in [6, 6.07) is 0. The van der Waals surface area contributed by atoms with E-state index in [4.69, 9.17) is 13.3 Å². The molecule has 0 aliphatic rings. The number of rotatable bonds is 12. The molecule has 0 aromatic carbocycles. The van der Waals surface area contributed by atoms with Crippen LogP contribution >= 0.6 is 7.26 Å². The van der Waals surface area contributed by atoms with Gasteiger partial charge < -0.3 is 9.11 Å². The second kappa shape index (κ2) is 16.9. The van der Waals surface area contributed by atoms with E-state index in [1.165, 1.54) is 51.4 Å². The lowest BCUT2D eigenvalue weighted by Gasteiger charge is -2.28. The van der Waals surface area contributed by atoms with Crippen molar-refractivity contribution in [1.29, 1.82) is 0 Å². The van der Waals surface area contributed by atoms with Crippen LogP contribution in [0.15, 0.2) is 0 Å². The van der Waals surface area contributed by atoms with Gasteiger partial charge in [0.1, 0.15) is 0 Å². The molecule has 0 heterocycles. The Balaban J connectivity index is -0.000000640. The Kier molecular flexibility index (Phi) is 19.1. The third kappa shape index (κ3) is 16.7. The van der Waals surface area contributed by atoms with E-state index in [0.29, 0.717) is 0 Å². The maximum absolute atomic E-state index is 8.44. The topological polar surface area (TPSA) is 63.2 Å². The Morgan fingerprint density at radius 2 is 0.905 bits per heavy atom. The third-order valence-corrected chi connectivity index (χ3v) is 9.00. The smallest absolute Gasteiger partial charge is 0.784 e. The van der Waals surface area contributed by atoms with Crippen LogP contribution in [0.25, 0.3) is 0 Å². The van der Waals surface area contributed by atoms with E-state index < -0.39 is 18.6 Å². The molecule has 21 heavy (non-hydrogen) atoms. The molecule has 0 N–H and O–H groups in total. The molecule has 0 unspecified atom stereocenters. The van der Waals surface area contributed by atoms with Crippen molar-refractivity contribution in [2.45, 2.75) is 79.1 Å². The summed E-state index contributed by atoms with van der Waals surface area (Å²) in [6.07, 6.45) is 17.9. The predicted octanol–water partition coefficient (Wildman–Crippen LogP) is 5.31. The van der Waals surface area contributed by atoms with Crippen LogP contribution in [0.2, 0.25) is 0 Å². The van der Waals surface area contributed by atoms with E-state index >= 15 is 0 Å². The summed E-state index contributed by atoms with van der Waals surface area (Å²) >= 11 is -3.11. The second-order valence-electron chi connectivity index (χ2n) is 5.85. The van der Waals surface area contributed by atoms with Crippen LogP contribution < -0.4 is 0 Å². The first-order valence-electron chi connectivity index (χ1n) is 8.59. The van der Waals surface area contributed by atoms with Gasteiger partial charge in [-0.3, -0.25) is 4.21 Å². The van der Waals surface area contributed by atoms with Crippen molar-refractivity contribution in [3.05, 3.63) is 0 Å². The van der Waals surface area contributed by atoms with Crippen molar-refractivity contribution in [2.24, 2.45) is 0 Å². The fourth-order valence-electron chi connectivity index (χ4n) is 2.64. The van der Waals surface area contributed by atoms with Crippen LogP contribution in [0.5, 0.6) is 0 Å². The van der Waals surface area contributed by atoms with Gasteiger partial charge in [0, 0.05) is 7.26 Å². The Bertz CT molecular complexity index is 202. The molecule has 130 valence electrons. The third-order valence-electron chi connectivity index (χ3n) is 3.94. The summed E-state index contributed by atoms with van der Waals surface area (Å²) in [6.45, 7) is 9.42. The van der Waals surface area contributed by atoms with Gasteiger partial charge in [-0.2, -0.15) is 0 Å². The van der Waals surface area contributed by atoms with Crippen molar-refractivity contribution in [2.75, 3.05) is 24.6 Å². The van der Waals surface area contributed by atoms with Crippen LogP contribution in [0, 0.1) is 0 Å². The van der Waals surface area contributed by atoms with Crippen molar-refractivity contribution in [3.63, 3.8) is 0 Å². The minimum Gasteiger partial charge on any atom is -0.784 e. The highest BCUT2D eigenvalue weighted by Gasteiger charge is 2.34. The predicted molar refractivity (Wildman–Crippen MR) is 96.8 cm³/mol. The minimum absolute atomic E-state index is 0. The Labute approximate surface area is 137 Å². The summed E-state index contributed by atoms with van der Waals surface area (Å²) in [4.78, 5) is 0. The molecule has 0 atom stereocenters. The zero-order chi connectivity index (χ0) is 16.6. The van der Waals surface area contributed by atoms with Gasteiger partial charge in [-0.15, -0.1) is 11.4 Å². The highest BCUT2D eigenvalue weighted by atomic mass is 32.2. The molecule has 0 aliphatic carbocycles. The summed E-state index contributed by atoms with van der Waals surface area (Å²) in [5.41, 5.74) is 0. The minimum atomic E-state index is -3.11. The molecular weight excluding hydrogens is 303 g/mol. The first-order chi connectivity index (χ1) is 9.97. The number of unbranched alkanes of at least 4 members (excludes halogenated alkanes) is 4. The van der Waals surface area contributed by atoms with Gasteiger partial charge in [-0.25, -0.2) is 0 Å². The molecule has 0 aromatic heterocycles. The van der Waals surface area contributed by atoms with E-state index in [-0.39, 0.29) is 1.43 Å². The van der Waals surface area contributed by atoms with Crippen molar-refractivity contribution in [1.82, 2.24) is 0 Å². The molecule has 0 rings (SSSR count). The Hall–Kier alpha value is 0.500. The van der Waals surface area contributed by atoms with Crippen LogP contribution in [0.4, 0.5) is 0 Å². The van der Waals surface area contributed by atoms with Gasteiger partial charge in [0.2, 0.25) is 0 Å². The molecule has 0 aromatic rings. The zero-order valence-corrected chi connectivity index (χ0v) is 16.3. The average molecular weight is 341 g/mol. The van der Waals surface area contributed by atoms with Crippen LogP contribution in [0.3, 0.4) is 0 Å². The van der Waals surface area contributed by atoms with Gasteiger partial charge in [-0.05, 0) is 25.7 Å². The normalized spacial score (nSPS) is 11.4. The Morgan fingerprint density at radius 3 is 1.05 bits per heavy atom. The fraction of sp³-hybridized carbons (Fsp3) is 1.00. The molecule has 0 saturated carbocycles. The first kappa shape index (κ1) is 23.8. The molecule has 5 heteroatoms. The summed E-state index contributed by atoms with van der Waals surface area (Å²) in [5, 5.41) is 0. The molecule has 3 nitrogen and oxygen atoms in total. The molecular formula is C16H37O3PS. The fourth-order valence-corrected chi connectivity index (χ4v) is 7.93. The molecule has 0 amide bonds. The second-order valence-corrected chi connectivity index (χ2v) is 10.7. The summed E-state index contributed by atoms with van der Waals surface area (Å²) in [7, 11) is -0.562. The zero-order valence-electron chi connectivity index (χ0n) is 15.6. The lowest BCUT2D eigenvalue weighted by atomic mass is 10.4. The van der Waals surface area contributed by atoms with Crippen molar-refractivity contribution < 1.29 is 14.7 Å². The standard InChI is InChI=1S/C16H36P.H2O3S/c1-5-9-13-17(14-10-6-2,15-11-7-3)16-12-8-4;1-4(2)3/h5-16H2,1-4H3;(H2,1,2,3)/q+1;/p-1. The quantitative estimate of drug-likeness (QED) is 0.357. The number of hydrogen-bond acceptors (Lipinski definition) is 3. The van der Waals surface area contributed by atoms with E-state index in [9.17, 15) is 0 Å². The van der Waals surface area contributed by atoms with Crippen molar-refractivity contribution >= 4 is 18.6 Å². The molecule has 0 bridgehead atoms. The van der Waals surface area contributed by atoms with Crippen molar-refractivity contribution in [3.8, 4) is 0 Å². The van der Waals surface area contributed by atoms with E-state index in [1.54, 1.807) is 24.6 Å². The van der Waals surface area contributed by atoms with Crippen LogP contribution in [-0.2, 0) is 11.4 Å². The number of hydrogen-bond donors (Lipinski definition) is 0. The first-order valence-corrected chi connectivity index (χ1v) is 12.1. The van der Waals surface area contributed by atoms with Gasteiger partial charge in [0.25, 0.3) is 0 Å². The Morgan fingerprint density at radius 1 is 0.714 bits per heavy atom. The molecule has 0 saturated heterocycles. The van der Waals surface area contributed by atoms with Gasteiger partial charge in [0.05, 0.1) is 24.6 Å². The maximum Gasteiger partial charge on any atom is 1.00 e. The van der Waals surface area contributed by atoms with E-state index in [1.807, 2.05) is 0 Å². The van der Waals surface area contributed by atoms with E-state index in [0.717, 1.165) is 0 Å². The molecule has 0 spiro atoms. The molecule has 0 fully saturated rings. The highest BCUT2D eigenvalue weighted by Crippen LogP contribution is 2.61. The monoisotopic (exact) mass is 340 g/mol. The van der Waals surface area contributed by atoms with Crippen LogP contribution in [0.1, 0.15) is 80.5 Å². The van der Waals surface area contributed by atoms with Gasteiger partial charge >= 0.3 is 1.43 Å². The van der Waals surface area contributed by atoms with Crippen LogP contribution in [-0.4, -0.2) is 38.0 Å². The van der Waals surface area contributed by atoms with Gasteiger partial charge in [-0.1, -0.05) is 53.4 Å². The highest BCUT2D eigenvalue weighted by molar-refractivity contribution is 7.75. The largest absolute Gasteiger partial charge is 1.00 e. The van der Waals surface area contributed by atoms with Gasteiger partial charge in [0.15, 0.2) is 0 Å². The summed E-state index contributed by atoms with van der Waals surface area (Å²) in [5.74, 6) is 0. The summed E-state index contributed by atoms with van der Waals surface area (Å²) < 4.78 is 25.3. The lowest BCUT2D eigenvalue weighted by molar-refractivity contribution is 0.419. The molecule has 0 aliphatic heterocycles. The molecule has 0 radical (unpaired) electrons. The van der Waals surface area contributed by atoms with E-state index in [2.05, 4.69) is 27.7 Å². The lowest BCUT2D eigenvalue weighted by Crippen LogP contribution is -2.12. The average Bonchev–Trinajstić information content (AvgIpc) is 2.45. The SMILES string of the molecule is CCCC[P+](CCCC)(CCCC)CCCC.O=S([O-])[O-].[H+].